The molecule has 3 heterocycles. The van der Waals surface area contributed by atoms with Crippen LogP contribution in [0.5, 0.6) is 0 Å². The van der Waals surface area contributed by atoms with E-state index in [9.17, 15) is 4.79 Å². The fraction of sp³-hybridized carbons (Fsp3) is 0.733. The van der Waals surface area contributed by atoms with E-state index in [4.69, 9.17) is 0 Å². The first-order valence-corrected chi connectivity index (χ1v) is 7.76. The molecule has 1 aromatic rings. The van der Waals surface area contributed by atoms with E-state index in [1.807, 2.05) is 17.9 Å². The quantitative estimate of drug-likeness (QED) is 0.885. The van der Waals surface area contributed by atoms with Crippen LogP contribution in [0, 0.1) is 0 Å². The second-order valence-electron chi connectivity index (χ2n) is 5.98. The molecular formula is C15H24N4O. The van der Waals surface area contributed by atoms with Crippen molar-refractivity contribution in [3.8, 4) is 0 Å². The van der Waals surface area contributed by atoms with Crippen LogP contribution < -0.4 is 5.32 Å². The van der Waals surface area contributed by atoms with Gasteiger partial charge in [0.15, 0.2) is 0 Å². The topological polar surface area (TPSA) is 50.2 Å². The molecule has 2 saturated heterocycles. The predicted molar refractivity (Wildman–Crippen MR) is 77.4 cm³/mol. The van der Waals surface area contributed by atoms with Crippen LogP contribution in [0.3, 0.4) is 0 Å². The zero-order valence-corrected chi connectivity index (χ0v) is 12.2. The summed E-state index contributed by atoms with van der Waals surface area (Å²) in [6, 6.07) is 2.17. The number of nitrogens with zero attached hydrogens (tertiary/aromatic N) is 3. The van der Waals surface area contributed by atoms with Crippen molar-refractivity contribution in [1.29, 1.82) is 0 Å². The van der Waals surface area contributed by atoms with Gasteiger partial charge in [0.05, 0.1) is 6.04 Å². The molecule has 0 aromatic carbocycles. The summed E-state index contributed by atoms with van der Waals surface area (Å²) in [5, 5.41) is 7.60. The molecule has 0 unspecified atom stereocenters. The number of likely N-dealkylation sites (tertiary alicyclic amines) is 1. The molecule has 0 bridgehead atoms. The highest BCUT2D eigenvalue weighted by Gasteiger charge is 2.30. The van der Waals surface area contributed by atoms with E-state index in [2.05, 4.69) is 21.4 Å². The molecule has 2 fully saturated rings. The summed E-state index contributed by atoms with van der Waals surface area (Å²) in [4.78, 5) is 14.5. The lowest BCUT2D eigenvalue weighted by Gasteiger charge is -2.35. The molecule has 5 heteroatoms. The number of aryl methyl sites for hydroxylation is 1. The standard InChI is InChI=1S/C15H24N4O/c1-18-14(5-9-17-18)12-6-10-19(11-7-12)15(20)13-4-2-3-8-16-13/h5,9,12-13,16H,2-4,6-8,10-11H2,1H3/t13-/m1/s1. The van der Waals surface area contributed by atoms with Crippen LogP contribution in [-0.4, -0.2) is 46.3 Å². The van der Waals surface area contributed by atoms with Crippen LogP contribution in [0.2, 0.25) is 0 Å². The summed E-state index contributed by atoms with van der Waals surface area (Å²) >= 11 is 0. The Balaban J connectivity index is 1.55. The maximum Gasteiger partial charge on any atom is 0.239 e. The number of hydrogen-bond donors (Lipinski definition) is 1. The maximum absolute atomic E-state index is 12.5. The van der Waals surface area contributed by atoms with Crippen molar-refractivity contribution in [2.24, 2.45) is 7.05 Å². The van der Waals surface area contributed by atoms with Crippen LogP contribution in [0.1, 0.15) is 43.7 Å². The number of rotatable bonds is 2. The summed E-state index contributed by atoms with van der Waals surface area (Å²) in [5.74, 6) is 0.860. The predicted octanol–water partition coefficient (Wildman–Crippen LogP) is 1.27. The molecule has 0 aliphatic carbocycles. The monoisotopic (exact) mass is 276 g/mol. The molecular weight excluding hydrogens is 252 g/mol. The Labute approximate surface area is 120 Å². The van der Waals surface area contributed by atoms with E-state index < -0.39 is 0 Å². The normalized spacial score (nSPS) is 24.9. The minimum absolute atomic E-state index is 0.0667. The van der Waals surface area contributed by atoms with Gasteiger partial charge in [0.2, 0.25) is 5.91 Å². The molecule has 0 radical (unpaired) electrons. The van der Waals surface area contributed by atoms with Crippen LogP contribution >= 0.6 is 0 Å². The van der Waals surface area contributed by atoms with Gasteiger partial charge in [-0.2, -0.15) is 5.10 Å². The van der Waals surface area contributed by atoms with Gasteiger partial charge in [0.1, 0.15) is 0 Å². The molecule has 110 valence electrons. The van der Waals surface area contributed by atoms with Gasteiger partial charge in [-0.05, 0) is 38.3 Å². The molecule has 1 amide bonds. The Morgan fingerprint density at radius 3 is 2.70 bits per heavy atom. The van der Waals surface area contributed by atoms with Crippen LogP contribution in [0.25, 0.3) is 0 Å². The molecule has 0 spiro atoms. The Hall–Kier alpha value is -1.36. The Morgan fingerprint density at radius 1 is 1.30 bits per heavy atom. The number of hydrogen-bond acceptors (Lipinski definition) is 3. The van der Waals surface area contributed by atoms with Gasteiger partial charge < -0.3 is 10.2 Å². The fourth-order valence-corrected chi connectivity index (χ4v) is 3.46. The zero-order valence-electron chi connectivity index (χ0n) is 12.2. The summed E-state index contributed by atoms with van der Waals surface area (Å²) in [6.45, 7) is 2.75. The van der Waals surface area contributed by atoms with E-state index in [1.54, 1.807) is 0 Å². The van der Waals surface area contributed by atoms with E-state index in [-0.39, 0.29) is 6.04 Å². The van der Waals surface area contributed by atoms with Gasteiger partial charge in [0, 0.05) is 37.9 Å². The summed E-state index contributed by atoms with van der Waals surface area (Å²) < 4.78 is 1.96. The molecule has 1 aromatic heterocycles. The zero-order chi connectivity index (χ0) is 13.9. The highest BCUT2D eigenvalue weighted by molar-refractivity contribution is 5.82. The van der Waals surface area contributed by atoms with Crippen molar-refractivity contribution >= 4 is 5.91 Å². The third kappa shape index (κ3) is 2.73. The molecule has 5 nitrogen and oxygen atoms in total. The van der Waals surface area contributed by atoms with Gasteiger partial charge in [-0.25, -0.2) is 0 Å². The first-order valence-electron chi connectivity index (χ1n) is 7.76. The smallest absolute Gasteiger partial charge is 0.239 e. The first-order chi connectivity index (χ1) is 9.75. The molecule has 0 saturated carbocycles. The molecule has 1 N–H and O–H groups in total. The van der Waals surface area contributed by atoms with Gasteiger partial charge in [0.25, 0.3) is 0 Å². The van der Waals surface area contributed by atoms with E-state index in [0.717, 1.165) is 38.9 Å². The lowest BCUT2D eigenvalue weighted by Crippen LogP contribution is -2.50. The van der Waals surface area contributed by atoms with E-state index in [0.29, 0.717) is 11.8 Å². The number of carbonyl (C=O) groups is 1. The molecule has 3 rings (SSSR count). The first kappa shape index (κ1) is 13.6. The number of amides is 1. The maximum atomic E-state index is 12.5. The third-order valence-electron chi connectivity index (χ3n) is 4.69. The highest BCUT2D eigenvalue weighted by Crippen LogP contribution is 2.28. The largest absolute Gasteiger partial charge is 0.341 e. The van der Waals surface area contributed by atoms with Crippen LogP contribution in [0.4, 0.5) is 0 Å². The van der Waals surface area contributed by atoms with Crippen LogP contribution in [-0.2, 0) is 11.8 Å². The summed E-state index contributed by atoms with van der Waals surface area (Å²) in [6.07, 6.45) is 7.34. The van der Waals surface area contributed by atoms with Crippen molar-refractivity contribution in [1.82, 2.24) is 20.0 Å². The van der Waals surface area contributed by atoms with Crippen molar-refractivity contribution in [2.45, 2.75) is 44.1 Å². The van der Waals surface area contributed by atoms with Crippen molar-refractivity contribution in [3.63, 3.8) is 0 Å². The van der Waals surface area contributed by atoms with Gasteiger partial charge >= 0.3 is 0 Å². The third-order valence-corrected chi connectivity index (χ3v) is 4.69. The van der Waals surface area contributed by atoms with Gasteiger partial charge in [-0.15, -0.1) is 0 Å². The van der Waals surface area contributed by atoms with Crippen LogP contribution in [0.15, 0.2) is 12.3 Å². The molecule has 1 atom stereocenters. The average Bonchev–Trinajstić information content (AvgIpc) is 2.94. The van der Waals surface area contributed by atoms with E-state index in [1.165, 1.54) is 18.5 Å². The Bertz CT molecular complexity index is 456. The number of nitrogens with one attached hydrogen (secondary N) is 1. The minimum Gasteiger partial charge on any atom is -0.341 e. The Morgan fingerprint density at radius 2 is 2.10 bits per heavy atom. The molecule has 2 aliphatic rings. The highest BCUT2D eigenvalue weighted by atomic mass is 16.2. The van der Waals surface area contributed by atoms with Gasteiger partial charge in [-0.3, -0.25) is 9.48 Å². The molecule has 2 aliphatic heterocycles. The van der Waals surface area contributed by atoms with Crippen molar-refractivity contribution in [3.05, 3.63) is 18.0 Å². The van der Waals surface area contributed by atoms with Crippen molar-refractivity contribution < 1.29 is 4.79 Å². The lowest BCUT2D eigenvalue weighted by molar-refractivity contribution is -0.135. The van der Waals surface area contributed by atoms with E-state index >= 15 is 0 Å². The Kier molecular flexibility index (Phi) is 4.05. The average molecular weight is 276 g/mol. The minimum atomic E-state index is 0.0667. The number of aromatic nitrogens is 2. The lowest BCUT2D eigenvalue weighted by atomic mass is 9.92. The van der Waals surface area contributed by atoms with Crippen molar-refractivity contribution in [2.75, 3.05) is 19.6 Å². The number of piperidine rings is 2. The summed E-state index contributed by atoms with van der Waals surface area (Å²) in [5.41, 5.74) is 1.30. The SMILES string of the molecule is Cn1nccc1C1CCN(C(=O)[C@H]2CCCCN2)CC1. The summed E-state index contributed by atoms with van der Waals surface area (Å²) in [7, 11) is 2.00. The number of carbonyl (C=O) groups excluding carboxylic acids is 1. The molecule has 20 heavy (non-hydrogen) atoms. The van der Waals surface area contributed by atoms with Gasteiger partial charge in [-0.1, -0.05) is 6.42 Å². The second-order valence-corrected chi connectivity index (χ2v) is 5.98. The second kappa shape index (κ2) is 5.95. The fourth-order valence-electron chi connectivity index (χ4n) is 3.46.